The van der Waals surface area contributed by atoms with Crippen LogP contribution in [-0.2, 0) is 10.8 Å². The summed E-state index contributed by atoms with van der Waals surface area (Å²) in [5.41, 5.74) is 3.94. The van der Waals surface area contributed by atoms with Crippen LogP contribution < -0.4 is 0 Å². The molecule has 0 radical (unpaired) electrons. The van der Waals surface area contributed by atoms with Crippen LogP contribution in [0.15, 0.2) is 66.7 Å². The quantitative estimate of drug-likeness (QED) is 0.316. The first-order valence-corrected chi connectivity index (χ1v) is 11.4. The van der Waals surface area contributed by atoms with E-state index in [2.05, 4.69) is 51.5 Å². The van der Waals surface area contributed by atoms with Gasteiger partial charge in [0.15, 0.2) is 17.5 Å². The van der Waals surface area contributed by atoms with E-state index in [4.69, 9.17) is 4.98 Å². The van der Waals surface area contributed by atoms with Gasteiger partial charge in [-0.15, -0.1) is 0 Å². The summed E-state index contributed by atoms with van der Waals surface area (Å²) < 4.78 is 28.6. The molecule has 0 spiro atoms. The van der Waals surface area contributed by atoms with E-state index in [1.165, 1.54) is 11.1 Å². The van der Waals surface area contributed by atoms with Gasteiger partial charge >= 0.3 is 0 Å². The first-order chi connectivity index (χ1) is 15.9. The van der Waals surface area contributed by atoms with Crippen molar-refractivity contribution in [3.63, 3.8) is 0 Å². The van der Waals surface area contributed by atoms with Gasteiger partial charge in [0.05, 0.1) is 5.56 Å². The SMILES string of the molecule is CC(C)(C)c1ccc(-c2nc(-c3ccc(C(C)(C)C)cc3)nc(-c3cc(F)ccc3F)n2)cc1. The maximum absolute atomic E-state index is 14.6. The molecular weight excluding hydrogens is 428 g/mol. The van der Waals surface area contributed by atoms with Crippen LogP contribution in [0.5, 0.6) is 0 Å². The highest BCUT2D eigenvalue weighted by Crippen LogP contribution is 2.30. The average Bonchev–Trinajstić information content (AvgIpc) is 2.79. The van der Waals surface area contributed by atoms with Crippen molar-refractivity contribution in [1.82, 2.24) is 15.0 Å². The highest BCUT2D eigenvalue weighted by atomic mass is 19.1. The molecule has 0 bridgehead atoms. The Balaban J connectivity index is 1.87. The molecule has 0 unspecified atom stereocenters. The van der Waals surface area contributed by atoms with Crippen LogP contribution in [0, 0.1) is 11.6 Å². The van der Waals surface area contributed by atoms with E-state index in [0.717, 1.165) is 29.3 Å². The van der Waals surface area contributed by atoms with E-state index in [9.17, 15) is 8.78 Å². The van der Waals surface area contributed by atoms with Crippen LogP contribution in [0.4, 0.5) is 8.78 Å². The van der Waals surface area contributed by atoms with E-state index in [-0.39, 0.29) is 22.2 Å². The standard InChI is InChI=1S/C29H29F2N3/c1-28(2,3)20-11-7-18(8-12-20)25-32-26(19-9-13-21(14-10-19)29(4,5)6)34-27(33-25)23-17-22(30)15-16-24(23)31/h7-17H,1-6H3. The van der Waals surface area contributed by atoms with Crippen molar-refractivity contribution in [3.8, 4) is 34.2 Å². The molecule has 5 heteroatoms. The third-order valence-corrected chi connectivity index (χ3v) is 5.82. The normalized spacial score (nSPS) is 12.1. The molecule has 0 saturated carbocycles. The van der Waals surface area contributed by atoms with Crippen molar-refractivity contribution in [2.45, 2.75) is 52.4 Å². The summed E-state index contributed by atoms with van der Waals surface area (Å²) >= 11 is 0. The summed E-state index contributed by atoms with van der Waals surface area (Å²) in [5, 5.41) is 0. The van der Waals surface area contributed by atoms with Gasteiger partial charge < -0.3 is 0 Å². The fourth-order valence-corrected chi connectivity index (χ4v) is 3.66. The predicted molar refractivity (Wildman–Crippen MR) is 133 cm³/mol. The van der Waals surface area contributed by atoms with E-state index in [1.807, 2.05) is 48.5 Å². The second kappa shape index (κ2) is 8.71. The van der Waals surface area contributed by atoms with Gasteiger partial charge in [-0.25, -0.2) is 23.7 Å². The highest BCUT2D eigenvalue weighted by Gasteiger charge is 2.18. The molecule has 4 rings (SSSR count). The Morgan fingerprint density at radius 3 is 1.35 bits per heavy atom. The molecule has 0 aliphatic carbocycles. The molecular formula is C29H29F2N3. The van der Waals surface area contributed by atoms with Crippen LogP contribution >= 0.6 is 0 Å². The van der Waals surface area contributed by atoms with Crippen molar-refractivity contribution in [1.29, 1.82) is 0 Å². The van der Waals surface area contributed by atoms with E-state index >= 15 is 0 Å². The van der Waals surface area contributed by atoms with Crippen LogP contribution in [0.2, 0.25) is 0 Å². The van der Waals surface area contributed by atoms with Gasteiger partial charge in [-0.05, 0) is 40.2 Å². The lowest BCUT2D eigenvalue weighted by Gasteiger charge is -2.19. The molecule has 174 valence electrons. The molecule has 0 saturated heterocycles. The zero-order valence-corrected chi connectivity index (χ0v) is 20.4. The fraction of sp³-hybridized carbons (Fsp3) is 0.276. The third-order valence-electron chi connectivity index (χ3n) is 5.82. The molecule has 1 aromatic heterocycles. The van der Waals surface area contributed by atoms with E-state index < -0.39 is 11.6 Å². The molecule has 0 aliphatic rings. The van der Waals surface area contributed by atoms with E-state index in [0.29, 0.717) is 11.6 Å². The molecule has 4 aromatic rings. The second-order valence-electron chi connectivity index (χ2n) is 10.6. The number of hydrogen-bond donors (Lipinski definition) is 0. The largest absolute Gasteiger partial charge is 0.208 e. The Morgan fingerprint density at radius 1 is 0.529 bits per heavy atom. The van der Waals surface area contributed by atoms with Gasteiger partial charge in [-0.3, -0.25) is 0 Å². The molecule has 3 aromatic carbocycles. The minimum Gasteiger partial charge on any atom is -0.208 e. The van der Waals surface area contributed by atoms with Crippen molar-refractivity contribution in [2.24, 2.45) is 0 Å². The number of benzene rings is 3. The first-order valence-electron chi connectivity index (χ1n) is 11.4. The molecule has 1 heterocycles. The Labute approximate surface area is 200 Å². The molecule has 0 N–H and O–H groups in total. The van der Waals surface area contributed by atoms with E-state index in [1.54, 1.807) is 0 Å². The maximum atomic E-state index is 14.6. The Kier molecular flexibility index (Phi) is 6.07. The van der Waals surface area contributed by atoms with Gasteiger partial charge in [-0.2, -0.15) is 0 Å². The predicted octanol–water partition coefficient (Wildman–Crippen LogP) is 7.75. The van der Waals surface area contributed by atoms with Crippen LogP contribution in [0.3, 0.4) is 0 Å². The Hall–Kier alpha value is -3.47. The lowest BCUT2D eigenvalue weighted by molar-refractivity contribution is 0.590. The summed E-state index contributed by atoms with van der Waals surface area (Å²) in [7, 11) is 0. The third kappa shape index (κ3) is 5.04. The van der Waals surface area contributed by atoms with Gasteiger partial charge in [-0.1, -0.05) is 90.1 Å². The molecule has 34 heavy (non-hydrogen) atoms. The molecule has 0 atom stereocenters. The fourth-order valence-electron chi connectivity index (χ4n) is 3.66. The highest BCUT2D eigenvalue weighted by molar-refractivity contribution is 5.67. The minimum absolute atomic E-state index is 0.00234. The number of rotatable bonds is 3. The molecule has 0 fully saturated rings. The lowest BCUT2D eigenvalue weighted by atomic mass is 9.86. The smallest absolute Gasteiger partial charge is 0.167 e. The van der Waals surface area contributed by atoms with Gasteiger partial charge in [0.25, 0.3) is 0 Å². The maximum Gasteiger partial charge on any atom is 0.167 e. The van der Waals surface area contributed by atoms with Crippen molar-refractivity contribution in [2.75, 3.05) is 0 Å². The average molecular weight is 458 g/mol. The second-order valence-corrected chi connectivity index (χ2v) is 10.6. The lowest BCUT2D eigenvalue weighted by Crippen LogP contribution is -2.11. The Morgan fingerprint density at radius 2 is 0.941 bits per heavy atom. The summed E-state index contributed by atoms with van der Waals surface area (Å²) in [5.74, 6) is -0.232. The first kappa shape index (κ1) is 23.7. The molecule has 0 amide bonds. The van der Waals surface area contributed by atoms with Crippen LogP contribution in [0.25, 0.3) is 34.2 Å². The molecule has 0 aliphatic heterocycles. The van der Waals surface area contributed by atoms with Gasteiger partial charge in [0.2, 0.25) is 0 Å². The van der Waals surface area contributed by atoms with Crippen LogP contribution in [-0.4, -0.2) is 15.0 Å². The zero-order valence-electron chi connectivity index (χ0n) is 20.4. The summed E-state index contributed by atoms with van der Waals surface area (Å²) in [6.07, 6.45) is 0. The van der Waals surface area contributed by atoms with Crippen LogP contribution in [0.1, 0.15) is 52.7 Å². The number of aromatic nitrogens is 3. The monoisotopic (exact) mass is 457 g/mol. The van der Waals surface area contributed by atoms with Gasteiger partial charge in [0, 0.05) is 11.1 Å². The van der Waals surface area contributed by atoms with Crippen molar-refractivity contribution < 1.29 is 8.78 Å². The molecule has 3 nitrogen and oxygen atoms in total. The number of hydrogen-bond acceptors (Lipinski definition) is 3. The van der Waals surface area contributed by atoms with Crippen molar-refractivity contribution in [3.05, 3.63) is 89.5 Å². The summed E-state index contributed by atoms with van der Waals surface area (Å²) in [6.45, 7) is 12.9. The Bertz CT molecular complexity index is 1240. The number of halogens is 2. The summed E-state index contributed by atoms with van der Waals surface area (Å²) in [6, 6.07) is 19.3. The topological polar surface area (TPSA) is 38.7 Å². The number of nitrogens with zero attached hydrogens (tertiary/aromatic N) is 3. The van der Waals surface area contributed by atoms with Crippen molar-refractivity contribution >= 4 is 0 Å². The minimum atomic E-state index is -0.587. The van der Waals surface area contributed by atoms with Gasteiger partial charge in [0.1, 0.15) is 11.6 Å². The summed E-state index contributed by atoms with van der Waals surface area (Å²) in [4.78, 5) is 13.7. The zero-order chi connectivity index (χ0) is 24.7.